The lowest BCUT2D eigenvalue weighted by Crippen LogP contribution is -2.51. The van der Waals surface area contributed by atoms with Gasteiger partial charge in [-0.05, 0) is 17.7 Å². The molecule has 1 aliphatic heterocycles. The summed E-state index contributed by atoms with van der Waals surface area (Å²) in [6.07, 6.45) is 0.314. The van der Waals surface area contributed by atoms with E-state index in [0.717, 1.165) is 5.56 Å². The topological polar surface area (TPSA) is 60.9 Å². The summed E-state index contributed by atoms with van der Waals surface area (Å²) in [6.45, 7) is 1.48. The molecule has 1 aliphatic rings. The number of nitrogens with zero attached hydrogens (tertiary/aromatic N) is 2. The van der Waals surface area contributed by atoms with Gasteiger partial charge < -0.3 is 14.9 Å². The van der Waals surface area contributed by atoms with Crippen LogP contribution >= 0.6 is 11.6 Å². The van der Waals surface area contributed by atoms with E-state index in [1.54, 1.807) is 21.9 Å². The van der Waals surface area contributed by atoms with E-state index in [1.807, 2.05) is 12.1 Å². The van der Waals surface area contributed by atoms with Gasteiger partial charge in [0.25, 0.3) is 0 Å². The number of carbonyl (C=O) groups excluding carboxylic acids is 2. The largest absolute Gasteiger partial charge is 0.387 e. The maximum absolute atomic E-state index is 12.2. The predicted octanol–water partition coefficient (Wildman–Crippen LogP) is 0.546. The predicted molar refractivity (Wildman–Crippen MR) is 75.4 cm³/mol. The number of piperazine rings is 1. The molecule has 5 nitrogen and oxygen atoms in total. The summed E-state index contributed by atoms with van der Waals surface area (Å²) in [5, 5.41) is 9.42. The van der Waals surface area contributed by atoms with Gasteiger partial charge in [0.15, 0.2) is 0 Å². The number of benzene rings is 1. The Kier molecular flexibility index (Phi) is 4.98. The molecule has 2 amide bonds. The first kappa shape index (κ1) is 14.8. The molecular weight excluding hydrogens is 280 g/mol. The van der Waals surface area contributed by atoms with Gasteiger partial charge in [-0.15, -0.1) is 0 Å². The van der Waals surface area contributed by atoms with Crippen molar-refractivity contribution in [3.05, 3.63) is 34.9 Å². The Balaban J connectivity index is 1.87. The summed E-state index contributed by atoms with van der Waals surface area (Å²) in [7, 11) is 0. The van der Waals surface area contributed by atoms with Crippen LogP contribution in [0.2, 0.25) is 5.02 Å². The molecule has 0 radical (unpaired) electrons. The van der Waals surface area contributed by atoms with Gasteiger partial charge in [-0.1, -0.05) is 23.7 Å². The minimum Gasteiger partial charge on any atom is -0.387 e. The zero-order valence-electron chi connectivity index (χ0n) is 11.1. The Bertz CT molecular complexity index is 499. The Hall–Kier alpha value is -1.59. The van der Waals surface area contributed by atoms with Crippen LogP contribution in [0, 0.1) is 0 Å². The average Bonchev–Trinajstić information content (AvgIpc) is 2.46. The van der Waals surface area contributed by atoms with Crippen molar-refractivity contribution in [3.8, 4) is 0 Å². The monoisotopic (exact) mass is 296 g/mol. The normalized spacial score (nSPS) is 15.3. The lowest BCUT2D eigenvalue weighted by Gasteiger charge is -2.34. The third kappa shape index (κ3) is 3.71. The Labute approximate surface area is 122 Å². The fourth-order valence-electron chi connectivity index (χ4n) is 2.24. The first-order valence-electron chi connectivity index (χ1n) is 6.51. The summed E-state index contributed by atoms with van der Waals surface area (Å²) in [6, 6.07) is 7.25. The fourth-order valence-corrected chi connectivity index (χ4v) is 2.45. The molecule has 1 fully saturated rings. The van der Waals surface area contributed by atoms with Gasteiger partial charge in [-0.25, -0.2) is 0 Å². The van der Waals surface area contributed by atoms with Crippen LogP contribution in [0.1, 0.15) is 5.56 Å². The molecule has 0 spiro atoms. The summed E-state index contributed by atoms with van der Waals surface area (Å²) >= 11 is 5.89. The van der Waals surface area contributed by atoms with Gasteiger partial charge in [0.2, 0.25) is 11.8 Å². The highest BCUT2D eigenvalue weighted by Gasteiger charge is 2.23. The minimum absolute atomic E-state index is 0.0309. The third-order valence-electron chi connectivity index (χ3n) is 3.36. The molecule has 0 aliphatic carbocycles. The number of hydrogen-bond donors (Lipinski definition) is 1. The second-order valence-corrected chi connectivity index (χ2v) is 5.16. The molecule has 6 heteroatoms. The van der Waals surface area contributed by atoms with Crippen LogP contribution in [0.5, 0.6) is 0 Å². The number of aliphatic hydroxyl groups is 1. The second-order valence-electron chi connectivity index (χ2n) is 4.73. The van der Waals surface area contributed by atoms with Gasteiger partial charge in [0, 0.05) is 31.2 Å². The molecule has 1 saturated heterocycles. The quantitative estimate of drug-likeness (QED) is 0.886. The van der Waals surface area contributed by atoms with E-state index in [0.29, 0.717) is 37.6 Å². The van der Waals surface area contributed by atoms with Crippen molar-refractivity contribution in [1.29, 1.82) is 0 Å². The number of halogens is 1. The molecule has 0 saturated carbocycles. The molecule has 0 aromatic heterocycles. The summed E-state index contributed by atoms with van der Waals surface area (Å²) in [5.41, 5.74) is 0.886. The SMILES string of the molecule is O=C(CO)N1CCN(C(=O)Cc2cccc(Cl)c2)CC1. The zero-order chi connectivity index (χ0) is 14.5. The molecule has 1 N–H and O–H groups in total. The number of hydrogen-bond acceptors (Lipinski definition) is 3. The van der Waals surface area contributed by atoms with Crippen LogP contribution in [-0.4, -0.2) is 59.5 Å². The smallest absolute Gasteiger partial charge is 0.248 e. The molecule has 0 bridgehead atoms. The molecule has 0 atom stereocenters. The van der Waals surface area contributed by atoms with Crippen LogP contribution < -0.4 is 0 Å². The third-order valence-corrected chi connectivity index (χ3v) is 3.60. The van der Waals surface area contributed by atoms with E-state index >= 15 is 0 Å². The van der Waals surface area contributed by atoms with E-state index in [4.69, 9.17) is 16.7 Å². The standard InChI is InChI=1S/C14H17ClN2O3/c15-12-3-1-2-11(8-12)9-13(19)16-4-6-17(7-5-16)14(20)10-18/h1-3,8,18H,4-7,9-10H2. The number of carbonyl (C=O) groups is 2. The number of amides is 2. The van der Waals surface area contributed by atoms with Gasteiger partial charge in [-0.2, -0.15) is 0 Å². The van der Waals surface area contributed by atoms with E-state index in [9.17, 15) is 9.59 Å². The summed E-state index contributed by atoms with van der Waals surface area (Å²) < 4.78 is 0. The highest BCUT2D eigenvalue weighted by molar-refractivity contribution is 6.30. The van der Waals surface area contributed by atoms with Crippen molar-refractivity contribution in [2.75, 3.05) is 32.8 Å². The Morgan fingerprint density at radius 3 is 2.25 bits per heavy atom. The van der Waals surface area contributed by atoms with Crippen molar-refractivity contribution >= 4 is 23.4 Å². The first-order valence-corrected chi connectivity index (χ1v) is 6.89. The Morgan fingerprint density at radius 2 is 1.70 bits per heavy atom. The second kappa shape index (κ2) is 6.72. The maximum Gasteiger partial charge on any atom is 0.248 e. The molecule has 1 aromatic carbocycles. The van der Waals surface area contributed by atoms with Gasteiger partial charge in [0.05, 0.1) is 6.42 Å². The van der Waals surface area contributed by atoms with Crippen molar-refractivity contribution < 1.29 is 14.7 Å². The van der Waals surface area contributed by atoms with Crippen molar-refractivity contribution in [2.24, 2.45) is 0 Å². The molecule has 2 rings (SSSR count). The number of rotatable bonds is 3. The lowest BCUT2D eigenvalue weighted by molar-refractivity contribution is -0.140. The molecule has 20 heavy (non-hydrogen) atoms. The maximum atomic E-state index is 12.2. The molecule has 108 valence electrons. The van der Waals surface area contributed by atoms with Crippen LogP contribution in [0.15, 0.2) is 24.3 Å². The minimum atomic E-state index is -0.476. The number of aliphatic hydroxyl groups excluding tert-OH is 1. The van der Waals surface area contributed by atoms with Gasteiger partial charge >= 0.3 is 0 Å². The van der Waals surface area contributed by atoms with Gasteiger partial charge in [-0.3, -0.25) is 9.59 Å². The van der Waals surface area contributed by atoms with Crippen LogP contribution in [0.25, 0.3) is 0 Å². The molecule has 1 heterocycles. The molecule has 0 unspecified atom stereocenters. The summed E-state index contributed by atoms with van der Waals surface area (Å²) in [4.78, 5) is 26.8. The highest BCUT2D eigenvalue weighted by Crippen LogP contribution is 2.12. The van der Waals surface area contributed by atoms with Crippen LogP contribution in [0.4, 0.5) is 0 Å². The molecular formula is C14H17ClN2O3. The average molecular weight is 297 g/mol. The van der Waals surface area contributed by atoms with E-state index in [1.165, 1.54) is 0 Å². The van der Waals surface area contributed by atoms with Crippen LogP contribution in [0.3, 0.4) is 0 Å². The van der Waals surface area contributed by atoms with Crippen molar-refractivity contribution in [3.63, 3.8) is 0 Å². The summed E-state index contributed by atoms with van der Waals surface area (Å²) in [5.74, 6) is -0.254. The van der Waals surface area contributed by atoms with E-state index in [-0.39, 0.29) is 11.8 Å². The van der Waals surface area contributed by atoms with E-state index < -0.39 is 6.61 Å². The van der Waals surface area contributed by atoms with Crippen molar-refractivity contribution in [1.82, 2.24) is 9.80 Å². The lowest BCUT2D eigenvalue weighted by atomic mass is 10.1. The van der Waals surface area contributed by atoms with E-state index in [2.05, 4.69) is 0 Å². The fraction of sp³-hybridized carbons (Fsp3) is 0.429. The van der Waals surface area contributed by atoms with Crippen molar-refractivity contribution in [2.45, 2.75) is 6.42 Å². The Morgan fingerprint density at radius 1 is 1.10 bits per heavy atom. The zero-order valence-corrected chi connectivity index (χ0v) is 11.8. The van der Waals surface area contributed by atoms with Crippen LogP contribution in [-0.2, 0) is 16.0 Å². The highest BCUT2D eigenvalue weighted by atomic mass is 35.5. The van der Waals surface area contributed by atoms with Gasteiger partial charge in [0.1, 0.15) is 6.61 Å². The molecule has 1 aromatic rings. The first-order chi connectivity index (χ1) is 9.60.